The summed E-state index contributed by atoms with van der Waals surface area (Å²) in [4.78, 5) is 0. The van der Waals surface area contributed by atoms with Crippen LogP contribution < -0.4 is 21.6 Å². The molecule has 5 nitrogen and oxygen atoms in total. The lowest BCUT2D eigenvalue weighted by Gasteiger charge is -2.05. The molecule has 5 N–H and O–H groups in total. The van der Waals surface area contributed by atoms with Crippen molar-refractivity contribution in [2.75, 3.05) is 7.11 Å². The van der Waals surface area contributed by atoms with Crippen molar-refractivity contribution in [3.8, 4) is 5.75 Å². The number of halogens is 1. The number of nitrogens with zero attached hydrogens (tertiary/aromatic N) is 1. The van der Waals surface area contributed by atoms with Crippen molar-refractivity contribution in [1.29, 1.82) is 0 Å². The Labute approximate surface area is 93.0 Å². The van der Waals surface area contributed by atoms with E-state index in [1.54, 1.807) is 19.2 Å². The van der Waals surface area contributed by atoms with Crippen LogP contribution in [0.5, 0.6) is 5.75 Å². The molecule has 0 saturated carbocycles. The van der Waals surface area contributed by atoms with E-state index in [1.807, 2.05) is 6.07 Å². The highest BCUT2D eigenvalue weighted by atomic mass is 35.5. The minimum atomic E-state index is -0.00499. The second kappa shape index (κ2) is 5.31. The molecule has 15 heavy (non-hydrogen) atoms. The fourth-order valence-corrected chi connectivity index (χ4v) is 1.32. The first-order valence-electron chi connectivity index (χ1n) is 4.27. The number of benzene rings is 1. The number of hydrogen-bond donors (Lipinski definition) is 3. The Morgan fingerprint density at radius 1 is 1.53 bits per heavy atom. The first-order chi connectivity index (χ1) is 7.13. The van der Waals surface area contributed by atoms with E-state index in [0.717, 1.165) is 5.56 Å². The highest BCUT2D eigenvalue weighted by Gasteiger charge is 2.00. The summed E-state index contributed by atoms with van der Waals surface area (Å²) in [6, 6.07) is 5.45. The van der Waals surface area contributed by atoms with Crippen molar-refractivity contribution >= 4 is 17.6 Å². The van der Waals surface area contributed by atoms with Crippen LogP contribution in [0.15, 0.2) is 23.3 Å². The molecule has 0 unspecified atom stereocenters. The second-order valence-electron chi connectivity index (χ2n) is 2.84. The summed E-state index contributed by atoms with van der Waals surface area (Å²) in [5.74, 6) is 0.636. The van der Waals surface area contributed by atoms with Crippen LogP contribution in [-0.2, 0) is 6.54 Å². The lowest BCUT2D eigenvalue weighted by molar-refractivity contribution is 0.415. The van der Waals surface area contributed by atoms with E-state index >= 15 is 0 Å². The standard InChI is InChI=1S/C9H13ClN4O/c1-15-8-3-2-6(4-7(8)10)5-13-14-9(11)12/h2-4,13H,5H2,1H3,(H4,11,12,14). The topological polar surface area (TPSA) is 85.7 Å². The SMILES string of the molecule is COc1ccc(CNN=C(N)N)cc1Cl. The summed E-state index contributed by atoms with van der Waals surface area (Å²) in [6.07, 6.45) is 0. The second-order valence-corrected chi connectivity index (χ2v) is 3.25. The Hall–Kier alpha value is -1.62. The van der Waals surface area contributed by atoms with Crippen molar-refractivity contribution in [1.82, 2.24) is 5.43 Å². The van der Waals surface area contributed by atoms with Gasteiger partial charge in [-0.3, -0.25) is 0 Å². The minimum absolute atomic E-state index is 0.00499. The number of hydrazone groups is 1. The van der Waals surface area contributed by atoms with Gasteiger partial charge in [0.2, 0.25) is 5.96 Å². The minimum Gasteiger partial charge on any atom is -0.495 e. The van der Waals surface area contributed by atoms with Crippen molar-refractivity contribution < 1.29 is 4.74 Å². The molecule has 82 valence electrons. The Morgan fingerprint density at radius 3 is 2.80 bits per heavy atom. The zero-order valence-corrected chi connectivity index (χ0v) is 9.08. The summed E-state index contributed by atoms with van der Waals surface area (Å²) in [5, 5.41) is 4.20. The van der Waals surface area contributed by atoms with Gasteiger partial charge in [0, 0.05) is 0 Å². The molecule has 0 amide bonds. The number of nitrogens with two attached hydrogens (primary N) is 2. The molecule has 0 heterocycles. The summed E-state index contributed by atoms with van der Waals surface area (Å²) >= 11 is 5.93. The normalized spacial score (nSPS) is 9.47. The fraction of sp³-hybridized carbons (Fsp3) is 0.222. The summed E-state index contributed by atoms with van der Waals surface area (Å²) < 4.78 is 5.02. The van der Waals surface area contributed by atoms with Crippen LogP contribution in [0.3, 0.4) is 0 Å². The quantitative estimate of drug-likeness (QED) is 0.401. The van der Waals surface area contributed by atoms with Crippen molar-refractivity contribution in [3.05, 3.63) is 28.8 Å². The van der Waals surface area contributed by atoms with Crippen LogP contribution in [0.25, 0.3) is 0 Å². The Morgan fingerprint density at radius 2 is 2.27 bits per heavy atom. The zero-order chi connectivity index (χ0) is 11.3. The van der Waals surface area contributed by atoms with Gasteiger partial charge >= 0.3 is 0 Å². The first kappa shape index (κ1) is 11.5. The van der Waals surface area contributed by atoms with Crippen LogP contribution in [0, 0.1) is 0 Å². The van der Waals surface area contributed by atoms with Gasteiger partial charge in [-0.1, -0.05) is 17.7 Å². The smallest absolute Gasteiger partial charge is 0.208 e. The molecular weight excluding hydrogens is 216 g/mol. The predicted octanol–water partition coefficient (Wildman–Crippen LogP) is 0.627. The first-order valence-corrected chi connectivity index (χ1v) is 4.65. The van der Waals surface area contributed by atoms with Crippen LogP contribution in [0.1, 0.15) is 5.56 Å². The highest BCUT2D eigenvalue weighted by molar-refractivity contribution is 6.32. The van der Waals surface area contributed by atoms with Gasteiger partial charge in [-0.15, -0.1) is 5.10 Å². The molecule has 0 aliphatic rings. The van der Waals surface area contributed by atoms with Gasteiger partial charge in [0.15, 0.2) is 0 Å². The van der Waals surface area contributed by atoms with Crippen molar-refractivity contribution in [3.63, 3.8) is 0 Å². The molecule has 0 spiro atoms. The van der Waals surface area contributed by atoms with Crippen LogP contribution in [-0.4, -0.2) is 13.1 Å². The number of methoxy groups -OCH3 is 1. The summed E-state index contributed by atoms with van der Waals surface area (Å²) in [5.41, 5.74) is 14.0. The Bertz CT molecular complexity index is 363. The average molecular weight is 229 g/mol. The number of ether oxygens (including phenoxy) is 1. The third-order valence-electron chi connectivity index (χ3n) is 1.71. The van der Waals surface area contributed by atoms with E-state index in [-0.39, 0.29) is 5.96 Å². The van der Waals surface area contributed by atoms with Gasteiger partial charge in [-0.25, -0.2) is 0 Å². The molecular formula is C9H13ClN4O. The molecule has 0 aromatic heterocycles. The van der Waals surface area contributed by atoms with Gasteiger partial charge in [0.25, 0.3) is 0 Å². The molecule has 6 heteroatoms. The molecule has 1 rings (SSSR count). The fourth-order valence-electron chi connectivity index (χ4n) is 1.04. The van der Waals surface area contributed by atoms with E-state index in [1.165, 1.54) is 0 Å². The van der Waals surface area contributed by atoms with Crippen molar-refractivity contribution in [2.24, 2.45) is 16.6 Å². The van der Waals surface area contributed by atoms with Crippen LogP contribution in [0.4, 0.5) is 0 Å². The molecule has 0 aliphatic heterocycles. The largest absolute Gasteiger partial charge is 0.495 e. The molecule has 1 aromatic carbocycles. The third-order valence-corrected chi connectivity index (χ3v) is 2.00. The number of nitrogens with one attached hydrogen (secondary N) is 1. The lowest BCUT2D eigenvalue weighted by atomic mass is 10.2. The number of guanidine groups is 1. The van der Waals surface area contributed by atoms with E-state index in [2.05, 4.69) is 10.5 Å². The molecule has 0 saturated heterocycles. The number of hydrogen-bond acceptors (Lipinski definition) is 3. The Kier molecular flexibility index (Phi) is 4.05. The summed E-state index contributed by atoms with van der Waals surface area (Å²) in [7, 11) is 1.57. The maximum Gasteiger partial charge on any atom is 0.208 e. The van der Waals surface area contributed by atoms with E-state index in [0.29, 0.717) is 17.3 Å². The molecule has 0 atom stereocenters. The van der Waals surface area contributed by atoms with Gasteiger partial charge in [0.1, 0.15) is 5.75 Å². The van der Waals surface area contributed by atoms with Crippen molar-refractivity contribution in [2.45, 2.75) is 6.54 Å². The molecule has 0 bridgehead atoms. The van der Waals surface area contributed by atoms with Gasteiger partial charge in [-0.2, -0.15) is 0 Å². The highest BCUT2D eigenvalue weighted by Crippen LogP contribution is 2.24. The Balaban J connectivity index is 2.63. The molecule has 0 radical (unpaired) electrons. The van der Waals surface area contributed by atoms with Gasteiger partial charge < -0.3 is 21.6 Å². The van der Waals surface area contributed by atoms with Gasteiger partial charge in [-0.05, 0) is 17.7 Å². The molecule has 0 aliphatic carbocycles. The molecule has 1 aromatic rings. The summed E-state index contributed by atoms with van der Waals surface area (Å²) in [6.45, 7) is 0.502. The lowest BCUT2D eigenvalue weighted by Crippen LogP contribution is -2.26. The number of rotatable bonds is 4. The van der Waals surface area contributed by atoms with Gasteiger partial charge in [0.05, 0.1) is 18.7 Å². The average Bonchev–Trinajstić information content (AvgIpc) is 2.17. The maximum atomic E-state index is 5.93. The van der Waals surface area contributed by atoms with E-state index in [4.69, 9.17) is 27.8 Å². The van der Waals surface area contributed by atoms with Crippen LogP contribution >= 0.6 is 11.6 Å². The maximum absolute atomic E-state index is 5.93. The monoisotopic (exact) mass is 228 g/mol. The predicted molar refractivity (Wildman–Crippen MR) is 60.7 cm³/mol. The molecule has 0 fully saturated rings. The van der Waals surface area contributed by atoms with Crippen LogP contribution in [0.2, 0.25) is 5.02 Å². The zero-order valence-electron chi connectivity index (χ0n) is 8.33. The van der Waals surface area contributed by atoms with E-state index < -0.39 is 0 Å². The van der Waals surface area contributed by atoms with E-state index in [9.17, 15) is 0 Å². The third kappa shape index (κ3) is 3.55.